The number of thiol groups is 1. The van der Waals surface area contributed by atoms with Crippen LogP contribution in [0.25, 0.3) is 0 Å². The van der Waals surface area contributed by atoms with Gasteiger partial charge in [0.25, 0.3) is 0 Å². The van der Waals surface area contributed by atoms with Crippen LogP contribution in [0, 0.1) is 6.92 Å². The lowest BCUT2D eigenvalue weighted by Gasteiger charge is -2.09. The van der Waals surface area contributed by atoms with E-state index in [4.69, 9.17) is 10.5 Å². The normalized spacial score (nSPS) is 12.5. The van der Waals surface area contributed by atoms with Crippen molar-refractivity contribution in [1.29, 1.82) is 0 Å². The van der Waals surface area contributed by atoms with Crippen LogP contribution in [-0.4, -0.2) is 18.4 Å². The molecule has 0 aliphatic heterocycles. The van der Waals surface area contributed by atoms with E-state index < -0.39 is 0 Å². The second kappa shape index (κ2) is 6.75. The van der Waals surface area contributed by atoms with Gasteiger partial charge in [0.2, 0.25) is 0 Å². The topological polar surface area (TPSA) is 35.2 Å². The molecule has 0 unspecified atom stereocenters. The molecular weight excluding hydrogens is 206 g/mol. The molecule has 2 nitrogen and oxygen atoms in total. The van der Waals surface area contributed by atoms with Gasteiger partial charge >= 0.3 is 0 Å². The fourth-order valence-corrected chi connectivity index (χ4v) is 1.44. The van der Waals surface area contributed by atoms with E-state index >= 15 is 0 Å². The molecular formula is C12H19NOS. The summed E-state index contributed by atoms with van der Waals surface area (Å²) in [5, 5.41) is 0. The Kier molecular flexibility index (Phi) is 5.58. The van der Waals surface area contributed by atoms with Crippen LogP contribution >= 0.6 is 12.6 Å². The van der Waals surface area contributed by atoms with E-state index in [1.165, 1.54) is 5.56 Å². The van der Waals surface area contributed by atoms with E-state index in [1.807, 2.05) is 12.1 Å². The van der Waals surface area contributed by atoms with Crippen molar-refractivity contribution in [2.75, 3.05) is 12.4 Å². The molecule has 0 aliphatic rings. The van der Waals surface area contributed by atoms with Crippen LogP contribution in [0.15, 0.2) is 24.3 Å². The second-order valence-corrected chi connectivity index (χ2v) is 4.11. The van der Waals surface area contributed by atoms with Crippen molar-refractivity contribution in [3.63, 3.8) is 0 Å². The maximum Gasteiger partial charge on any atom is 0.119 e. The molecule has 84 valence electrons. The first-order valence-electron chi connectivity index (χ1n) is 5.28. The highest BCUT2D eigenvalue weighted by molar-refractivity contribution is 7.80. The van der Waals surface area contributed by atoms with Gasteiger partial charge in [-0.15, -0.1) is 0 Å². The minimum atomic E-state index is 0.190. The molecule has 1 rings (SSSR count). The van der Waals surface area contributed by atoms with Crippen molar-refractivity contribution < 1.29 is 4.74 Å². The lowest BCUT2D eigenvalue weighted by Crippen LogP contribution is -2.22. The SMILES string of the molecule is Cc1ccc(OCCC[C@@H](N)CS)cc1. The Hall–Kier alpha value is -0.670. The Morgan fingerprint density at radius 1 is 1.33 bits per heavy atom. The number of nitrogens with two attached hydrogens (primary N) is 1. The zero-order chi connectivity index (χ0) is 11.1. The summed E-state index contributed by atoms with van der Waals surface area (Å²) in [5.41, 5.74) is 6.99. The molecule has 1 atom stereocenters. The van der Waals surface area contributed by atoms with Crippen LogP contribution in [0.3, 0.4) is 0 Å². The summed E-state index contributed by atoms with van der Waals surface area (Å²) < 4.78 is 5.58. The monoisotopic (exact) mass is 225 g/mol. The molecule has 0 saturated carbocycles. The number of aryl methyl sites for hydroxylation is 1. The molecule has 2 N–H and O–H groups in total. The fourth-order valence-electron chi connectivity index (χ4n) is 1.26. The van der Waals surface area contributed by atoms with Crippen LogP contribution in [0.2, 0.25) is 0 Å². The third-order valence-corrected chi connectivity index (χ3v) is 2.71. The highest BCUT2D eigenvalue weighted by Crippen LogP contribution is 2.11. The second-order valence-electron chi connectivity index (χ2n) is 3.75. The van der Waals surface area contributed by atoms with Gasteiger partial charge in [0, 0.05) is 11.8 Å². The number of hydrogen-bond acceptors (Lipinski definition) is 3. The average Bonchev–Trinajstić information content (AvgIpc) is 2.26. The minimum absolute atomic E-state index is 0.190. The predicted molar refractivity (Wildman–Crippen MR) is 67.7 cm³/mol. The van der Waals surface area contributed by atoms with Gasteiger partial charge in [0.15, 0.2) is 0 Å². The molecule has 1 aromatic rings. The summed E-state index contributed by atoms with van der Waals surface area (Å²) in [6.07, 6.45) is 1.95. The molecule has 3 heteroatoms. The van der Waals surface area contributed by atoms with E-state index in [0.29, 0.717) is 0 Å². The van der Waals surface area contributed by atoms with Gasteiger partial charge in [-0.2, -0.15) is 12.6 Å². The van der Waals surface area contributed by atoms with Gasteiger partial charge in [-0.3, -0.25) is 0 Å². The van der Waals surface area contributed by atoms with E-state index in [1.54, 1.807) is 0 Å². The first-order chi connectivity index (χ1) is 7.22. The highest BCUT2D eigenvalue weighted by atomic mass is 32.1. The van der Waals surface area contributed by atoms with Crippen molar-refractivity contribution in [2.24, 2.45) is 5.73 Å². The summed E-state index contributed by atoms with van der Waals surface area (Å²) >= 11 is 4.13. The first-order valence-corrected chi connectivity index (χ1v) is 5.91. The average molecular weight is 225 g/mol. The van der Waals surface area contributed by atoms with Crippen molar-refractivity contribution in [3.05, 3.63) is 29.8 Å². The van der Waals surface area contributed by atoms with Gasteiger partial charge in [0.05, 0.1) is 6.61 Å². The van der Waals surface area contributed by atoms with Crippen LogP contribution < -0.4 is 10.5 Å². The van der Waals surface area contributed by atoms with Crippen molar-refractivity contribution in [3.8, 4) is 5.75 Å². The van der Waals surface area contributed by atoms with Gasteiger partial charge in [-0.1, -0.05) is 17.7 Å². The molecule has 15 heavy (non-hydrogen) atoms. The molecule has 1 aromatic carbocycles. The molecule has 0 heterocycles. The number of rotatable bonds is 6. The van der Waals surface area contributed by atoms with E-state index in [-0.39, 0.29) is 6.04 Å². The minimum Gasteiger partial charge on any atom is -0.494 e. The Labute approximate surface area is 97.2 Å². The maximum absolute atomic E-state index is 5.74. The standard InChI is InChI=1S/C12H19NOS/c1-10-4-6-12(7-5-10)14-8-2-3-11(13)9-15/h4-7,11,15H,2-3,8-9,13H2,1H3/t11-/m1/s1. The molecule has 0 aliphatic carbocycles. The Morgan fingerprint density at radius 2 is 2.00 bits per heavy atom. The molecule has 0 spiro atoms. The molecule has 0 radical (unpaired) electrons. The zero-order valence-electron chi connectivity index (χ0n) is 9.15. The molecule has 0 amide bonds. The zero-order valence-corrected chi connectivity index (χ0v) is 10.0. The predicted octanol–water partition coefficient (Wildman–Crippen LogP) is 2.41. The van der Waals surface area contributed by atoms with Crippen LogP contribution in [0.1, 0.15) is 18.4 Å². The quantitative estimate of drug-likeness (QED) is 0.576. The Bertz CT molecular complexity index is 273. The molecule has 0 saturated heterocycles. The lowest BCUT2D eigenvalue weighted by molar-refractivity contribution is 0.303. The number of benzene rings is 1. The Morgan fingerprint density at radius 3 is 2.60 bits per heavy atom. The lowest BCUT2D eigenvalue weighted by atomic mass is 10.2. The van der Waals surface area contributed by atoms with Crippen molar-refractivity contribution in [1.82, 2.24) is 0 Å². The van der Waals surface area contributed by atoms with Gasteiger partial charge in [0.1, 0.15) is 5.75 Å². The summed E-state index contributed by atoms with van der Waals surface area (Å²) in [5.74, 6) is 1.67. The van der Waals surface area contributed by atoms with Crippen molar-refractivity contribution >= 4 is 12.6 Å². The van der Waals surface area contributed by atoms with E-state index in [9.17, 15) is 0 Å². The van der Waals surface area contributed by atoms with Crippen molar-refractivity contribution in [2.45, 2.75) is 25.8 Å². The number of hydrogen-bond donors (Lipinski definition) is 2. The first kappa shape index (κ1) is 12.4. The smallest absolute Gasteiger partial charge is 0.119 e. The summed E-state index contributed by atoms with van der Waals surface area (Å²) in [7, 11) is 0. The number of ether oxygens (including phenoxy) is 1. The maximum atomic E-state index is 5.74. The van der Waals surface area contributed by atoms with E-state index in [2.05, 4.69) is 31.7 Å². The molecule has 0 aromatic heterocycles. The van der Waals surface area contributed by atoms with Gasteiger partial charge in [-0.05, 0) is 31.9 Å². The highest BCUT2D eigenvalue weighted by Gasteiger charge is 1.99. The third-order valence-electron chi connectivity index (χ3n) is 2.24. The van der Waals surface area contributed by atoms with Crippen LogP contribution in [-0.2, 0) is 0 Å². The largest absolute Gasteiger partial charge is 0.494 e. The van der Waals surface area contributed by atoms with Gasteiger partial charge < -0.3 is 10.5 Å². The third kappa shape index (κ3) is 5.09. The Balaban J connectivity index is 2.17. The van der Waals surface area contributed by atoms with Gasteiger partial charge in [-0.25, -0.2) is 0 Å². The van der Waals surface area contributed by atoms with E-state index in [0.717, 1.165) is 31.0 Å². The van der Waals surface area contributed by atoms with Crippen LogP contribution in [0.4, 0.5) is 0 Å². The molecule has 0 fully saturated rings. The van der Waals surface area contributed by atoms with Crippen LogP contribution in [0.5, 0.6) is 5.75 Å². The molecule has 0 bridgehead atoms. The summed E-state index contributed by atoms with van der Waals surface area (Å²) in [6, 6.07) is 8.28. The summed E-state index contributed by atoms with van der Waals surface area (Å²) in [4.78, 5) is 0. The fraction of sp³-hybridized carbons (Fsp3) is 0.500. The summed E-state index contributed by atoms with van der Waals surface area (Å²) in [6.45, 7) is 2.79.